The van der Waals surface area contributed by atoms with Crippen LogP contribution in [-0.2, 0) is 11.3 Å². The van der Waals surface area contributed by atoms with Gasteiger partial charge in [-0.1, -0.05) is 23.9 Å². The van der Waals surface area contributed by atoms with Gasteiger partial charge in [0.15, 0.2) is 10.8 Å². The van der Waals surface area contributed by atoms with Crippen molar-refractivity contribution < 1.29 is 4.79 Å². The van der Waals surface area contributed by atoms with Gasteiger partial charge in [-0.15, -0.1) is 28.1 Å². The molecule has 8 heteroatoms. The lowest BCUT2D eigenvalue weighted by atomic mass is 10.4. The maximum Gasteiger partial charge on any atom is 0.233 e. The van der Waals surface area contributed by atoms with Gasteiger partial charge >= 0.3 is 0 Å². The molecule has 3 aromatic heterocycles. The van der Waals surface area contributed by atoms with E-state index in [-0.39, 0.29) is 5.91 Å². The highest BCUT2D eigenvalue weighted by molar-refractivity contribution is 9.11. The zero-order valence-electron chi connectivity index (χ0n) is 12.8. The predicted octanol–water partition coefficient (Wildman–Crippen LogP) is 3.86. The minimum atomic E-state index is 0.0529. The van der Waals surface area contributed by atoms with Crippen molar-refractivity contribution >= 4 is 50.6 Å². The molecule has 0 aliphatic rings. The van der Waals surface area contributed by atoms with Crippen molar-refractivity contribution in [3.63, 3.8) is 0 Å². The molecule has 3 rings (SSSR count). The second kappa shape index (κ2) is 7.96. The van der Waals surface area contributed by atoms with E-state index in [2.05, 4.69) is 32.7 Å². The summed E-state index contributed by atoms with van der Waals surface area (Å²) in [5, 5.41) is 8.96. The molecule has 24 heavy (non-hydrogen) atoms. The van der Waals surface area contributed by atoms with E-state index in [1.165, 1.54) is 11.8 Å². The Morgan fingerprint density at radius 2 is 2.25 bits per heavy atom. The Hall–Kier alpha value is -1.64. The van der Waals surface area contributed by atoms with Gasteiger partial charge in [0, 0.05) is 17.6 Å². The highest BCUT2D eigenvalue weighted by Gasteiger charge is 2.16. The number of pyridine rings is 1. The van der Waals surface area contributed by atoms with Gasteiger partial charge in [-0.05, 0) is 40.2 Å². The van der Waals surface area contributed by atoms with Gasteiger partial charge in [0.1, 0.15) is 0 Å². The van der Waals surface area contributed by atoms with Crippen molar-refractivity contribution in [3.05, 3.63) is 57.8 Å². The lowest BCUT2D eigenvalue weighted by Crippen LogP contribution is -2.31. The third-order valence-corrected chi connectivity index (χ3v) is 5.82. The van der Waals surface area contributed by atoms with Crippen LogP contribution in [0.15, 0.2) is 58.1 Å². The second-order valence-electron chi connectivity index (χ2n) is 4.97. The number of thioether (sulfide) groups is 1. The lowest BCUT2D eigenvalue weighted by molar-refractivity contribution is -0.128. The molecule has 0 aliphatic carbocycles. The van der Waals surface area contributed by atoms with E-state index < -0.39 is 0 Å². The summed E-state index contributed by atoms with van der Waals surface area (Å²) < 4.78 is 2.94. The molecular formula is C16H15BrN4OS2. The minimum Gasteiger partial charge on any atom is -0.333 e. The summed E-state index contributed by atoms with van der Waals surface area (Å²) in [4.78, 5) is 15.5. The summed E-state index contributed by atoms with van der Waals surface area (Å²) in [6.07, 6.45) is 3.64. The van der Waals surface area contributed by atoms with Gasteiger partial charge < -0.3 is 4.90 Å². The molecular weight excluding hydrogens is 408 g/mol. The van der Waals surface area contributed by atoms with Gasteiger partial charge in [-0.3, -0.25) is 9.20 Å². The monoisotopic (exact) mass is 422 g/mol. The first-order valence-corrected chi connectivity index (χ1v) is 9.82. The fourth-order valence-electron chi connectivity index (χ4n) is 2.17. The van der Waals surface area contributed by atoms with E-state index in [4.69, 9.17) is 0 Å². The van der Waals surface area contributed by atoms with Crippen LogP contribution in [0, 0.1) is 0 Å². The largest absolute Gasteiger partial charge is 0.333 e. The Kier molecular flexibility index (Phi) is 5.70. The minimum absolute atomic E-state index is 0.0529. The lowest BCUT2D eigenvalue weighted by Gasteiger charge is -2.20. The van der Waals surface area contributed by atoms with Gasteiger partial charge in [-0.25, -0.2) is 0 Å². The second-order valence-corrected chi connectivity index (χ2v) is 8.46. The molecule has 0 unspecified atom stereocenters. The number of halogens is 1. The average molecular weight is 423 g/mol. The molecule has 0 atom stereocenters. The number of hydrogen-bond acceptors (Lipinski definition) is 5. The molecule has 0 bridgehead atoms. The Labute approximate surface area is 156 Å². The van der Waals surface area contributed by atoms with E-state index in [1.807, 2.05) is 40.9 Å². The highest BCUT2D eigenvalue weighted by atomic mass is 79.9. The summed E-state index contributed by atoms with van der Waals surface area (Å²) in [6, 6.07) is 9.73. The van der Waals surface area contributed by atoms with Crippen LogP contribution < -0.4 is 0 Å². The van der Waals surface area contributed by atoms with Gasteiger partial charge in [0.25, 0.3) is 0 Å². The van der Waals surface area contributed by atoms with Gasteiger partial charge in [0.2, 0.25) is 5.91 Å². The third kappa shape index (κ3) is 4.06. The summed E-state index contributed by atoms with van der Waals surface area (Å²) in [5.74, 6) is 0.368. The summed E-state index contributed by atoms with van der Waals surface area (Å²) in [6.45, 7) is 4.86. The maximum absolute atomic E-state index is 12.6. The van der Waals surface area contributed by atoms with Gasteiger partial charge in [0.05, 0.1) is 16.1 Å². The van der Waals surface area contributed by atoms with Crippen LogP contribution in [0.25, 0.3) is 5.65 Å². The van der Waals surface area contributed by atoms with Crippen molar-refractivity contribution in [1.29, 1.82) is 0 Å². The number of nitrogens with zero attached hydrogens (tertiary/aromatic N) is 4. The van der Waals surface area contributed by atoms with Gasteiger partial charge in [-0.2, -0.15) is 0 Å². The van der Waals surface area contributed by atoms with E-state index >= 15 is 0 Å². The first-order valence-electron chi connectivity index (χ1n) is 7.23. The van der Waals surface area contributed by atoms with Crippen molar-refractivity contribution in [3.8, 4) is 0 Å². The van der Waals surface area contributed by atoms with Crippen LogP contribution in [0.3, 0.4) is 0 Å². The van der Waals surface area contributed by atoms with Crippen LogP contribution in [0.4, 0.5) is 0 Å². The molecule has 3 aromatic rings. The van der Waals surface area contributed by atoms with Crippen molar-refractivity contribution in [2.24, 2.45) is 0 Å². The van der Waals surface area contributed by atoms with E-state index in [1.54, 1.807) is 22.3 Å². The zero-order valence-corrected chi connectivity index (χ0v) is 16.0. The SMILES string of the molecule is C=CCN(Cc1ccc(Br)s1)C(=O)CSc1nnc2ccccn12. The topological polar surface area (TPSA) is 50.5 Å². The molecule has 124 valence electrons. The van der Waals surface area contributed by atoms with Crippen LogP contribution in [-0.4, -0.2) is 37.7 Å². The number of aromatic nitrogens is 3. The van der Waals surface area contributed by atoms with E-state index in [0.717, 1.165) is 19.5 Å². The zero-order chi connectivity index (χ0) is 16.9. The number of rotatable bonds is 7. The molecule has 0 aromatic carbocycles. The first kappa shape index (κ1) is 17.2. The standard InChI is InChI=1S/C16H15BrN4OS2/c1-2-8-20(10-12-6-7-13(17)24-12)15(22)11-23-16-19-18-14-5-3-4-9-21(14)16/h2-7,9H,1,8,10-11H2. The van der Waals surface area contributed by atoms with Crippen molar-refractivity contribution in [2.45, 2.75) is 11.7 Å². The summed E-state index contributed by atoms with van der Waals surface area (Å²) in [5.41, 5.74) is 0.777. The van der Waals surface area contributed by atoms with Crippen LogP contribution in [0.5, 0.6) is 0 Å². The molecule has 3 heterocycles. The fourth-order valence-corrected chi connectivity index (χ4v) is 4.50. The molecule has 0 spiro atoms. The number of thiophene rings is 1. The number of amides is 1. The summed E-state index contributed by atoms with van der Waals surface area (Å²) >= 11 is 6.48. The number of carbonyl (C=O) groups is 1. The molecule has 5 nitrogen and oxygen atoms in total. The van der Waals surface area contributed by atoms with Crippen LogP contribution in [0.1, 0.15) is 4.88 Å². The third-order valence-electron chi connectivity index (χ3n) is 3.28. The Balaban J connectivity index is 1.65. The number of carbonyl (C=O) groups excluding carboxylic acids is 1. The van der Waals surface area contributed by atoms with Crippen LogP contribution in [0.2, 0.25) is 0 Å². The number of fused-ring (bicyclic) bond motifs is 1. The van der Waals surface area contributed by atoms with E-state index in [0.29, 0.717) is 18.8 Å². The van der Waals surface area contributed by atoms with Crippen molar-refractivity contribution in [2.75, 3.05) is 12.3 Å². The number of hydrogen-bond donors (Lipinski definition) is 0. The first-order chi connectivity index (χ1) is 11.7. The Bertz CT molecular complexity index is 861. The molecule has 0 saturated carbocycles. The van der Waals surface area contributed by atoms with E-state index in [9.17, 15) is 4.79 Å². The molecule has 0 radical (unpaired) electrons. The summed E-state index contributed by atoms with van der Waals surface area (Å²) in [7, 11) is 0. The molecule has 0 fully saturated rings. The molecule has 0 saturated heterocycles. The van der Waals surface area contributed by atoms with Crippen molar-refractivity contribution in [1.82, 2.24) is 19.5 Å². The fraction of sp³-hybridized carbons (Fsp3) is 0.188. The Morgan fingerprint density at radius 3 is 3.00 bits per heavy atom. The molecule has 1 amide bonds. The Morgan fingerprint density at radius 1 is 1.38 bits per heavy atom. The maximum atomic E-state index is 12.6. The highest BCUT2D eigenvalue weighted by Crippen LogP contribution is 2.24. The smallest absolute Gasteiger partial charge is 0.233 e. The predicted molar refractivity (Wildman–Crippen MR) is 101 cm³/mol. The molecule has 0 N–H and O–H groups in total. The normalized spacial score (nSPS) is 10.9. The average Bonchev–Trinajstić information content (AvgIpc) is 3.18. The van der Waals surface area contributed by atoms with Crippen LogP contribution >= 0.6 is 39.0 Å². The quantitative estimate of drug-likeness (QED) is 0.428. The molecule has 0 aliphatic heterocycles.